The Morgan fingerprint density at radius 1 is 1.45 bits per heavy atom. The Balaban J connectivity index is 2.46. The molecule has 0 atom stereocenters. The van der Waals surface area contributed by atoms with E-state index in [4.69, 9.17) is 0 Å². The Morgan fingerprint density at radius 2 is 2.15 bits per heavy atom. The van der Waals surface area contributed by atoms with Crippen molar-refractivity contribution >= 4 is 10.2 Å². The summed E-state index contributed by atoms with van der Waals surface area (Å²) in [5, 5.41) is 7.26. The van der Waals surface area contributed by atoms with Crippen molar-refractivity contribution in [1.29, 1.82) is 0 Å². The Hall–Kier alpha value is -0.960. The van der Waals surface area contributed by atoms with Crippen LogP contribution in [0.2, 0.25) is 0 Å². The lowest BCUT2D eigenvalue weighted by Gasteiger charge is -2.17. The van der Waals surface area contributed by atoms with Crippen LogP contribution in [0.5, 0.6) is 0 Å². The van der Waals surface area contributed by atoms with E-state index in [1.54, 1.807) is 17.9 Å². The summed E-state index contributed by atoms with van der Waals surface area (Å²) < 4.78 is 29.8. The number of hydrogen-bond donors (Lipinski definition) is 2. The van der Waals surface area contributed by atoms with Crippen molar-refractivity contribution in [3.8, 4) is 0 Å². The lowest BCUT2D eigenvalue weighted by atomic mass is 10.3. The maximum absolute atomic E-state index is 12.1. The van der Waals surface area contributed by atoms with Crippen LogP contribution in [0.4, 0.5) is 0 Å². The normalized spacial score (nSPS) is 12.2. The van der Waals surface area contributed by atoms with E-state index >= 15 is 0 Å². The van der Waals surface area contributed by atoms with E-state index in [9.17, 15) is 8.42 Å². The van der Waals surface area contributed by atoms with Crippen LogP contribution in [0.3, 0.4) is 0 Å². The zero-order chi connectivity index (χ0) is 15.2. The Kier molecular flexibility index (Phi) is 6.60. The number of rotatable bonds is 9. The van der Waals surface area contributed by atoms with E-state index in [-0.39, 0.29) is 6.54 Å². The first kappa shape index (κ1) is 17.1. The molecule has 2 N–H and O–H groups in total. The van der Waals surface area contributed by atoms with Gasteiger partial charge in [0.15, 0.2) is 0 Å². The lowest BCUT2D eigenvalue weighted by Crippen LogP contribution is -2.39. The zero-order valence-corrected chi connectivity index (χ0v) is 13.5. The van der Waals surface area contributed by atoms with Gasteiger partial charge in [-0.05, 0) is 26.4 Å². The highest BCUT2D eigenvalue weighted by Gasteiger charge is 2.17. The van der Waals surface area contributed by atoms with Gasteiger partial charge in [-0.3, -0.25) is 4.68 Å². The summed E-state index contributed by atoms with van der Waals surface area (Å²) in [6.07, 6.45) is 2.47. The van der Waals surface area contributed by atoms with Gasteiger partial charge >= 0.3 is 0 Å². The van der Waals surface area contributed by atoms with Gasteiger partial charge in [-0.25, -0.2) is 0 Å². The third kappa shape index (κ3) is 4.86. The Bertz CT molecular complexity index is 512. The molecule has 0 aliphatic rings. The lowest BCUT2D eigenvalue weighted by molar-refractivity contribution is 0.445. The van der Waals surface area contributed by atoms with Gasteiger partial charge in [-0.2, -0.15) is 22.5 Å². The maximum Gasteiger partial charge on any atom is 0.279 e. The minimum atomic E-state index is -3.43. The van der Waals surface area contributed by atoms with E-state index in [2.05, 4.69) is 15.1 Å². The first-order valence-electron chi connectivity index (χ1n) is 6.77. The zero-order valence-electron chi connectivity index (χ0n) is 12.7. The average Bonchev–Trinajstić information content (AvgIpc) is 2.72. The average molecular weight is 303 g/mol. The van der Waals surface area contributed by atoms with Crippen LogP contribution < -0.4 is 10.0 Å². The van der Waals surface area contributed by atoms with Crippen molar-refractivity contribution in [3.05, 3.63) is 17.5 Å². The third-order valence-corrected chi connectivity index (χ3v) is 4.78. The van der Waals surface area contributed by atoms with E-state index < -0.39 is 10.2 Å². The summed E-state index contributed by atoms with van der Waals surface area (Å²) in [6.45, 7) is 6.41. The predicted octanol–water partition coefficient (Wildman–Crippen LogP) is -0.00568. The molecule has 0 fully saturated rings. The fourth-order valence-corrected chi connectivity index (χ4v) is 2.65. The predicted molar refractivity (Wildman–Crippen MR) is 79.5 cm³/mol. The highest BCUT2D eigenvalue weighted by Crippen LogP contribution is 2.06. The van der Waals surface area contributed by atoms with Crippen molar-refractivity contribution in [2.24, 2.45) is 7.05 Å². The van der Waals surface area contributed by atoms with Crippen LogP contribution in [-0.4, -0.2) is 49.2 Å². The molecule has 7 nitrogen and oxygen atoms in total. The van der Waals surface area contributed by atoms with Crippen LogP contribution in [-0.2, 0) is 23.8 Å². The molecule has 0 aliphatic heterocycles. The van der Waals surface area contributed by atoms with Crippen molar-refractivity contribution in [2.75, 3.05) is 26.7 Å². The molecule has 0 saturated carbocycles. The monoisotopic (exact) mass is 303 g/mol. The standard InChI is InChI=1S/C12H25N5O2S/c1-5-13-7-6-8-16(3)20(18,19)15-10-12-9-14-17(4)11(12)2/h9,13,15H,5-8,10H2,1-4H3. The number of hydrogen-bond acceptors (Lipinski definition) is 4. The van der Waals surface area contributed by atoms with Gasteiger partial charge < -0.3 is 5.32 Å². The molecule has 0 bridgehead atoms. The van der Waals surface area contributed by atoms with Crippen LogP contribution in [0.1, 0.15) is 24.6 Å². The first-order chi connectivity index (χ1) is 9.38. The van der Waals surface area contributed by atoms with Gasteiger partial charge in [0.1, 0.15) is 0 Å². The smallest absolute Gasteiger partial charge is 0.279 e. The summed E-state index contributed by atoms with van der Waals surface area (Å²) in [6, 6.07) is 0. The summed E-state index contributed by atoms with van der Waals surface area (Å²) in [5.74, 6) is 0. The van der Waals surface area contributed by atoms with Gasteiger partial charge in [-0.1, -0.05) is 6.92 Å². The SMILES string of the molecule is CCNCCCN(C)S(=O)(=O)NCc1cnn(C)c1C. The summed E-state index contributed by atoms with van der Waals surface area (Å²) >= 11 is 0. The van der Waals surface area contributed by atoms with Gasteiger partial charge in [-0.15, -0.1) is 0 Å². The summed E-state index contributed by atoms with van der Waals surface area (Å²) in [7, 11) is -0.0134. The largest absolute Gasteiger partial charge is 0.317 e. The van der Waals surface area contributed by atoms with Gasteiger partial charge in [0, 0.05) is 38.4 Å². The maximum atomic E-state index is 12.1. The van der Waals surface area contributed by atoms with Crippen molar-refractivity contribution in [2.45, 2.75) is 26.8 Å². The molecule has 20 heavy (non-hydrogen) atoms. The number of aromatic nitrogens is 2. The molecule has 0 spiro atoms. The van der Waals surface area contributed by atoms with Gasteiger partial charge in [0.25, 0.3) is 10.2 Å². The van der Waals surface area contributed by atoms with E-state index in [0.717, 1.165) is 30.8 Å². The highest BCUT2D eigenvalue weighted by atomic mass is 32.2. The van der Waals surface area contributed by atoms with Crippen LogP contribution in [0, 0.1) is 6.92 Å². The molecule has 1 aromatic heterocycles. The molecule has 0 aliphatic carbocycles. The summed E-state index contributed by atoms with van der Waals surface area (Å²) in [4.78, 5) is 0. The van der Waals surface area contributed by atoms with Crippen molar-refractivity contribution in [3.63, 3.8) is 0 Å². The van der Waals surface area contributed by atoms with Crippen molar-refractivity contribution in [1.82, 2.24) is 24.1 Å². The molecule has 8 heteroatoms. The number of nitrogens with one attached hydrogen (secondary N) is 2. The number of nitrogens with zero attached hydrogens (tertiary/aromatic N) is 3. The second kappa shape index (κ2) is 7.72. The Morgan fingerprint density at radius 3 is 2.70 bits per heavy atom. The van der Waals surface area contributed by atoms with Gasteiger partial charge in [0.05, 0.1) is 6.20 Å². The van der Waals surface area contributed by atoms with Crippen LogP contribution in [0.15, 0.2) is 6.20 Å². The molecular weight excluding hydrogens is 278 g/mol. The second-order valence-corrected chi connectivity index (χ2v) is 6.60. The minimum Gasteiger partial charge on any atom is -0.317 e. The quantitative estimate of drug-likeness (QED) is 0.629. The van der Waals surface area contributed by atoms with E-state index in [0.29, 0.717) is 6.54 Å². The highest BCUT2D eigenvalue weighted by molar-refractivity contribution is 7.87. The molecular formula is C12H25N5O2S. The van der Waals surface area contributed by atoms with E-state index in [1.165, 1.54) is 4.31 Å². The molecule has 0 amide bonds. The molecule has 0 aromatic carbocycles. The van der Waals surface area contributed by atoms with E-state index in [1.807, 2.05) is 20.9 Å². The fourth-order valence-electron chi connectivity index (χ4n) is 1.72. The Labute approximate surface area is 121 Å². The molecule has 0 saturated heterocycles. The molecule has 116 valence electrons. The molecule has 1 heterocycles. The molecule has 1 aromatic rings. The minimum absolute atomic E-state index is 0.263. The molecule has 0 radical (unpaired) electrons. The van der Waals surface area contributed by atoms with Crippen LogP contribution >= 0.6 is 0 Å². The van der Waals surface area contributed by atoms with Crippen molar-refractivity contribution < 1.29 is 8.42 Å². The topological polar surface area (TPSA) is 79.3 Å². The summed E-state index contributed by atoms with van der Waals surface area (Å²) in [5.41, 5.74) is 1.85. The third-order valence-electron chi connectivity index (χ3n) is 3.27. The fraction of sp³-hybridized carbons (Fsp3) is 0.750. The number of aryl methyl sites for hydroxylation is 1. The molecule has 0 unspecified atom stereocenters. The van der Waals surface area contributed by atoms with Crippen LogP contribution in [0.25, 0.3) is 0 Å². The first-order valence-corrected chi connectivity index (χ1v) is 8.21. The second-order valence-electron chi connectivity index (χ2n) is 4.73. The van der Waals surface area contributed by atoms with Gasteiger partial charge in [0.2, 0.25) is 0 Å². The molecule has 1 rings (SSSR count).